The predicted octanol–water partition coefficient (Wildman–Crippen LogP) is 2.53. The minimum absolute atomic E-state index is 0.0274. The maximum atomic E-state index is 13.4. The molecular formula is C18H20ClFN4O3S. The fourth-order valence-corrected chi connectivity index (χ4v) is 3.34. The number of aromatic amines is 1. The van der Waals surface area contributed by atoms with E-state index in [0.717, 1.165) is 45.3 Å². The summed E-state index contributed by atoms with van der Waals surface area (Å²) in [6.45, 7) is 4.70. The van der Waals surface area contributed by atoms with Crippen LogP contribution in [-0.2, 0) is 4.74 Å². The number of hydrogen-bond acceptors (Lipinski definition) is 6. The average molecular weight is 427 g/mol. The van der Waals surface area contributed by atoms with E-state index in [1.54, 1.807) is 0 Å². The van der Waals surface area contributed by atoms with Gasteiger partial charge in [-0.3, -0.25) is 24.2 Å². The van der Waals surface area contributed by atoms with Gasteiger partial charge in [0.1, 0.15) is 11.4 Å². The highest BCUT2D eigenvalue weighted by Gasteiger charge is 2.14. The summed E-state index contributed by atoms with van der Waals surface area (Å²) in [7, 11) is 0. The third kappa shape index (κ3) is 4.85. The van der Waals surface area contributed by atoms with Gasteiger partial charge in [0, 0.05) is 32.4 Å². The van der Waals surface area contributed by atoms with Crippen molar-refractivity contribution in [2.75, 3.05) is 39.4 Å². The lowest BCUT2D eigenvalue weighted by atomic mass is 10.2. The quantitative estimate of drug-likeness (QED) is 0.421. The molecule has 10 heteroatoms. The Labute approximate surface area is 171 Å². The summed E-state index contributed by atoms with van der Waals surface area (Å²) in [6.07, 6.45) is 2.14. The van der Waals surface area contributed by atoms with E-state index in [4.69, 9.17) is 28.6 Å². The van der Waals surface area contributed by atoms with Crippen LogP contribution >= 0.6 is 23.8 Å². The molecule has 1 aliphatic heterocycles. The summed E-state index contributed by atoms with van der Waals surface area (Å²) in [5, 5.41) is 10.4. The molecule has 1 saturated heterocycles. The Morgan fingerprint density at radius 3 is 2.86 bits per heavy atom. The number of aromatic nitrogens is 2. The molecule has 2 heterocycles. The monoisotopic (exact) mass is 426 g/mol. The molecule has 0 saturated carbocycles. The summed E-state index contributed by atoms with van der Waals surface area (Å²) in [4.78, 5) is 21.2. The fraction of sp³-hybridized carbons (Fsp3) is 0.389. The molecule has 0 spiro atoms. The van der Waals surface area contributed by atoms with E-state index in [9.17, 15) is 14.3 Å². The molecule has 0 atom stereocenters. The highest BCUT2D eigenvalue weighted by atomic mass is 35.5. The first kappa shape index (κ1) is 20.7. The molecule has 1 aromatic heterocycles. The smallest absolute Gasteiger partial charge is 0.264 e. The zero-order valence-electron chi connectivity index (χ0n) is 15.0. The summed E-state index contributed by atoms with van der Waals surface area (Å²) >= 11 is 10.9. The molecular weight excluding hydrogens is 407 g/mol. The van der Waals surface area contributed by atoms with Gasteiger partial charge < -0.3 is 9.84 Å². The van der Waals surface area contributed by atoms with Crippen LogP contribution in [0.5, 0.6) is 5.88 Å². The van der Waals surface area contributed by atoms with E-state index in [1.165, 1.54) is 22.9 Å². The van der Waals surface area contributed by atoms with Crippen molar-refractivity contribution < 1.29 is 14.2 Å². The molecule has 150 valence electrons. The first-order chi connectivity index (χ1) is 13.5. The van der Waals surface area contributed by atoms with Gasteiger partial charge in [0.05, 0.1) is 23.9 Å². The minimum atomic E-state index is -0.595. The number of morpholine rings is 1. The number of ether oxygens (including phenoxy) is 1. The topological polar surface area (TPSA) is 82.8 Å². The lowest BCUT2D eigenvalue weighted by molar-refractivity contribution is 0.0377. The molecule has 0 aliphatic carbocycles. The van der Waals surface area contributed by atoms with Crippen LogP contribution in [0, 0.1) is 10.6 Å². The number of aliphatic imine (C=N–C) groups is 1. The number of hydrogen-bond donors (Lipinski definition) is 2. The van der Waals surface area contributed by atoms with E-state index in [-0.39, 0.29) is 21.2 Å². The second-order valence-corrected chi connectivity index (χ2v) is 7.07. The molecule has 1 fully saturated rings. The van der Waals surface area contributed by atoms with Gasteiger partial charge in [-0.2, -0.15) is 0 Å². The molecule has 1 aliphatic rings. The van der Waals surface area contributed by atoms with E-state index in [0.29, 0.717) is 12.2 Å². The van der Waals surface area contributed by atoms with Crippen molar-refractivity contribution in [3.8, 4) is 11.6 Å². The van der Waals surface area contributed by atoms with Gasteiger partial charge in [-0.15, -0.1) is 0 Å². The zero-order valence-corrected chi connectivity index (χ0v) is 16.6. The van der Waals surface area contributed by atoms with E-state index in [2.05, 4.69) is 14.9 Å². The zero-order chi connectivity index (χ0) is 20.1. The van der Waals surface area contributed by atoms with Crippen molar-refractivity contribution in [3.63, 3.8) is 0 Å². The molecule has 0 bridgehead atoms. The van der Waals surface area contributed by atoms with Crippen LogP contribution in [0.2, 0.25) is 5.02 Å². The minimum Gasteiger partial charge on any atom is -0.494 e. The Kier molecular flexibility index (Phi) is 6.95. The second-order valence-electron chi connectivity index (χ2n) is 6.27. The van der Waals surface area contributed by atoms with Crippen molar-refractivity contribution in [2.24, 2.45) is 4.99 Å². The number of rotatable bonds is 6. The lowest BCUT2D eigenvalue weighted by Gasteiger charge is -2.26. The van der Waals surface area contributed by atoms with Crippen molar-refractivity contribution in [1.82, 2.24) is 14.5 Å². The third-order valence-electron chi connectivity index (χ3n) is 4.37. The Morgan fingerprint density at radius 2 is 2.14 bits per heavy atom. The van der Waals surface area contributed by atoms with Crippen LogP contribution < -0.4 is 5.56 Å². The van der Waals surface area contributed by atoms with E-state index >= 15 is 0 Å². The molecule has 1 aromatic carbocycles. The summed E-state index contributed by atoms with van der Waals surface area (Å²) < 4.78 is 19.9. The van der Waals surface area contributed by atoms with Gasteiger partial charge in [0.15, 0.2) is 4.77 Å². The first-order valence-corrected chi connectivity index (χ1v) is 9.59. The van der Waals surface area contributed by atoms with Gasteiger partial charge in [0.25, 0.3) is 5.56 Å². The van der Waals surface area contributed by atoms with Crippen LogP contribution in [0.1, 0.15) is 12.0 Å². The molecule has 2 aromatic rings. The number of nitrogens with one attached hydrogen (secondary N) is 1. The molecule has 3 rings (SSSR count). The molecule has 7 nitrogen and oxygen atoms in total. The molecule has 0 radical (unpaired) electrons. The SMILES string of the molecule is O=c1[nH]c(=S)n(-c2ccc(F)c(Cl)c2)c(O)c1C=NCCCN1CCOCC1. The standard InChI is InChI=1S/C18H20ClFN4O3S/c19-14-10-12(2-3-15(14)20)24-17(26)13(16(25)22-18(24)28)11-21-4-1-5-23-6-8-27-9-7-23/h2-3,10-11,26H,1,4-9H2,(H,22,25,28). The van der Waals surface area contributed by atoms with Gasteiger partial charge in [-0.05, 0) is 36.8 Å². The fourth-order valence-electron chi connectivity index (χ4n) is 2.88. The van der Waals surface area contributed by atoms with E-state index < -0.39 is 11.4 Å². The maximum absolute atomic E-state index is 13.4. The highest BCUT2D eigenvalue weighted by Crippen LogP contribution is 2.23. The lowest BCUT2D eigenvalue weighted by Crippen LogP contribution is -2.37. The van der Waals surface area contributed by atoms with Crippen molar-refractivity contribution in [1.29, 1.82) is 0 Å². The number of halogens is 2. The highest BCUT2D eigenvalue weighted by molar-refractivity contribution is 7.71. The second kappa shape index (κ2) is 9.42. The van der Waals surface area contributed by atoms with Crippen LogP contribution in [0.25, 0.3) is 5.69 Å². The molecule has 2 N–H and O–H groups in total. The summed E-state index contributed by atoms with van der Waals surface area (Å²) in [5.74, 6) is -0.976. The van der Waals surface area contributed by atoms with Crippen molar-refractivity contribution in [2.45, 2.75) is 6.42 Å². The van der Waals surface area contributed by atoms with Gasteiger partial charge >= 0.3 is 0 Å². The largest absolute Gasteiger partial charge is 0.494 e. The van der Waals surface area contributed by atoms with Crippen LogP contribution in [-0.4, -0.2) is 65.2 Å². The summed E-state index contributed by atoms with van der Waals surface area (Å²) in [5.41, 5.74) is -0.253. The van der Waals surface area contributed by atoms with Crippen LogP contribution in [0.15, 0.2) is 28.0 Å². The number of nitrogens with zero attached hydrogens (tertiary/aromatic N) is 3. The summed E-state index contributed by atoms with van der Waals surface area (Å²) in [6, 6.07) is 3.87. The van der Waals surface area contributed by atoms with Crippen molar-refractivity contribution >= 4 is 30.0 Å². The predicted molar refractivity (Wildman–Crippen MR) is 108 cm³/mol. The maximum Gasteiger partial charge on any atom is 0.264 e. The van der Waals surface area contributed by atoms with Crippen LogP contribution in [0.4, 0.5) is 4.39 Å². The average Bonchev–Trinajstić information content (AvgIpc) is 2.67. The normalized spacial score (nSPS) is 15.4. The van der Waals surface area contributed by atoms with Gasteiger partial charge in [-0.25, -0.2) is 4.39 Å². The number of aromatic hydroxyl groups is 1. The third-order valence-corrected chi connectivity index (χ3v) is 4.94. The molecule has 0 amide bonds. The Morgan fingerprint density at radius 1 is 1.39 bits per heavy atom. The molecule has 28 heavy (non-hydrogen) atoms. The Bertz CT molecular complexity index is 986. The van der Waals surface area contributed by atoms with Crippen molar-refractivity contribution in [3.05, 3.63) is 49.7 Å². The number of benzene rings is 1. The Balaban J connectivity index is 1.76. The van der Waals surface area contributed by atoms with Gasteiger partial charge in [0.2, 0.25) is 5.88 Å². The first-order valence-electron chi connectivity index (χ1n) is 8.81. The van der Waals surface area contributed by atoms with E-state index in [1.807, 2.05) is 0 Å². The van der Waals surface area contributed by atoms with Crippen LogP contribution in [0.3, 0.4) is 0 Å². The Hall–Kier alpha value is -2.07. The number of H-pyrrole nitrogens is 1. The van der Waals surface area contributed by atoms with Gasteiger partial charge in [-0.1, -0.05) is 11.6 Å². The molecule has 0 unspecified atom stereocenters.